The highest BCUT2D eigenvalue weighted by Gasteiger charge is 2.29. The van der Waals surface area contributed by atoms with Gasteiger partial charge in [-0.3, -0.25) is 14.3 Å². The van der Waals surface area contributed by atoms with E-state index in [2.05, 4.69) is 16.6 Å². The van der Waals surface area contributed by atoms with Crippen LogP contribution in [-0.2, 0) is 14.8 Å². The van der Waals surface area contributed by atoms with Gasteiger partial charge in [-0.25, -0.2) is 8.42 Å². The second kappa shape index (κ2) is 9.98. The molecule has 2 aromatic carbocycles. The predicted molar refractivity (Wildman–Crippen MR) is 121 cm³/mol. The van der Waals surface area contributed by atoms with Gasteiger partial charge in [0.15, 0.2) is 0 Å². The molecule has 2 aromatic rings. The molecule has 3 rings (SSSR count). The zero-order valence-electron chi connectivity index (χ0n) is 16.9. The number of carbonyl (C=O) groups excluding carboxylic acids is 2. The van der Waals surface area contributed by atoms with Crippen LogP contribution in [-0.4, -0.2) is 44.8 Å². The van der Waals surface area contributed by atoms with Crippen molar-refractivity contribution in [1.82, 2.24) is 10.2 Å². The summed E-state index contributed by atoms with van der Waals surface area (Å²) in [6.45, 7) is 4.84. The van der Waals surface area contributed by atoms with Gasteiger partial charge in [-0.15, -0.1) is 6.58 Å². The molecule has 7 nitrogen and oxygen atoms in total. The second-order valence-electron chi connectivity index (χ2n) is 7.26. The maximum atomic E-state index is 13.0. The van der Waals surface area contributed by atoms with Gasteiger partial charge < -0.3 is 10.2 Å². The molecule has 0 aliphatic carbocycles. The van der Waals surface area contributed by atoms with E-state index >= 15 is 0 Å². The average molecular weight is 462 g/mol. The van der Waals surface area contributed by atoms with Crippen molar-refractivity contribution >= 4 is 39.1 Å². The number of hydrogen-bond acceptors (Lipinski definition) is 4. The number of anilines is 1. The number of halogens is 1. The Bertz CT molecular complexity index is 1070. The molecule has 1 heterocycles. The van der Waals surface area contributed by atoms with Crippen LogP contribution in [0.3, 0.4) is 0 Å². The summed E-state index contributed by atoms with van der Waals surface area (Å²) in [6, 6.07) is 12.1. The third-order valence-corrected chi connectivity index (χ3v) is 6.63. The van der Waals surface area contributed by atoms with Gasteiger partial charge in [-0.05, 0) is 55.3 Å². The molecule has 164 valence electrons. The number of likely N-dealkylation sites (tertiary alicyclic amines) is 1. The first-order valence-electron chi connectivity index (χ1n) is 9.86. The van der Waals surface area contributed by atoms with Gasteiger partial charge in [0.1, 0.15) is 0 Å². The molecule has 1 fully saturated rings. The van der Waals surface area contributed by atoms with Gasteiger partial charge in [0, 0.05) is 35.9 Å². The van der Waals surface area contributed by atoms with Crippen LogP contribution in [0.1, 0.15) is 23.2 Å². The Morgan fingerprint density at radius 1 is 1.19 bits per heavy atom. The summed E-state index contributed by atoms with van der Waals surface area (Å²) in [5, 5.41) is 3.21. The third-order valence-electron chi connectivity index (χ3n) is 4.99. The second-order valence-corrected chi connectivity index (χ2v) is 9.38. The number of nitrogens with one attached hydrogen (secondary N) is 2. The number of sulfonamides is 1. The quantitative estimate of drug-likeness (QED) is 0.618. The Morgan fingerprint density at radius 3 is 2.65 bits per heavy atom. The van der Waals surface area contributed by atoms with Gasteiger partial charge in [0.25, 0.3) is 15.9 Å². The lowest BCUT2D eigenvalue weighted by Gasteiger charge is -2.32. The van der Waals surface area contributed by atoms with Crippen molar-refractivity contribution in [2.45, 2.75) is 17.7 Å². The SMILES string of the molecule is C=CCNC(=O)[C@H]1CCCN(C(=O)c2cccc(NS(=O)(=O)c3ccc(Cl)cc3)c2)C1. The molecule has 1 atom stereocenters. The van der Waals surface area contributed by atoms with Crippen LogP contribution in [0.5, 0.6) is 0 Å². The van der Waals surface area contributed by atoms with Crippen LogP contribution in [0, 0.1) is 5.92 Å². The van der Waals surface area contributed by atoms with Crippen molar-refractivity contribution in [1.29, 1.82) is 0 Å². The summed E-state index contributed by atoms with van der Waals surface area (Å²) >= 11 is 5.82. The van der Waals surface area contributed by atoms with Gasteiger partial charge >= 0.3 is 0 Å². The van der Waals surface area contributed by atoms with Crippen LogP contribution < -0.4 is 10.0 Å². The van der Waals surface area contributed by atoms with Gasteiger partial charge in [-0.1, -0.05) is 23.7 Å². The van der Waals surface area contributed by atoms with Crippen molar-refractivity contribution in [3.63, 3.8) is 0 Å². The molecule has 1 aliphatic heterocycles. The number of benzene rings is 2. The summed E-state index contributed by atoms with van der Waals surface area (Å²) in [5.41, 5.74) is 0.626. The van der Waals surface area contributed by atoms with Gasteiger partial charge in [0.2, 0.25) is 5.91 Å². The summed E-state index contributed by atoms with van der Waals surface area (Å²) < 4.78 is 27.7. The van der Waals surface area contributed by atoms with Crippen molar-refractivity contribution in [2.24, 2.45) is 5.92 Å². The molecule has 0 bridgehead atoms. The van der Waals surface area contributed by atoms with Gasteiger partial charge in [0.05, 0.1) is 10.8 Å². The number of nitrogens with zero attached hydrogens (tertiary/aromatic N) is 1. The standard InChI is InChI=1S/C22H24ClN3O4S/c1-2-12-24-21(27)17-6-4-13-26(15-17)22(28)16-5-3-7-19(14-16)25-31(29,30)20-10-8-18(23)9-11-20/h2-3,5,7-11,14,17,25H,1,4,6,12-13,15H2,(H,24,27)/t17-/m0/s1. The smallest absolute Gasteiger partial charge is 0.261 e. The van der Waals surface area contributed by atoms with Crippen molar-refractivity contribution < 1.29 is 18.0 Å². The normalized spacial score (nSPS) is 16.4. The van der Waals surface area contributed by atoms with Crippen LogP contribution in [0.25, 0.3) is 0 Å². The lowest BCUT2D eigenvalue weighted by molar-refractivity contribution is -0.126. The van der Waals surface area contributed by atoms with Crippen molar-refractivity contribution in [2.75, 3.05) is 24.4 Å². The Labute approximate surface area is 187 Å². The highest BCUT2D eigenvalue weighted by molar-refractivity contribution is 7.92. The number of rotatable bonds is 7. The Morgan fingerprint density at radius 2 is 1.94 bits per heavy atom. The Kier molecular flexibility index (Phi) is 7.35. The average Bonchev–Trinajstić information content (AvgIpc) is 2.77. The zero-order valence-corrected chi connectivity index (χ0v) is 18.5. The van der Waals surface area contributed by atoms with Crippen LogP contribution in [0.15, 0.2) is 66.1 Å². The topological polar surface area (TPSA) is 95.6 Å². The lowest BCUT2D eigenvalue weighted by atomic mass is 9.96. The molecule has 31 heavy (non-hydrogen) atoms. The minimum absolute atomic E-state index is 0.0676. The lowest BCUT2D eigenvalue weighted by Crippen LogP contribution is -2.45. The number of carbonyl (C=O) groups is 2. The summed E-state index contributed by atoms with van der Waals surface area (Å²) in [6.07, 6.45) is 3.05. The molecule has 1 saturated heterocycles. The van der Waals surface area contributed by atoms with Crippen LogP contribution in [0.2, 0.25) is 5.02 Å². The van der Waals surface area contributed by atoms with Crippen LogP contribution in [0.4, 0.5) is 5.69 Å². The summed E-state index contributed by atoms with van der Waals surface area (Å²) in [4.78, 5) is 26.9. The molecule has 1 aliphatic rings. The highest BCUT2D eigenvalue weighted by atomic mass is 35.5. The summed E-state index contributed by atoms with van der Waals surface area (Å²) in [5.74, 6) is -0.611. The van der Waals surface area contributed by atoms with E-state index < -0.39 is 10.0 Å². The molecule has 0 aromatic heterocycles. The van der Waals surface area contributed by atoms with Gasteiger partial charge in [-0.2, -0.15) is 0 Å². The van der Waals surface area contributed by atoms with E-state index in [0.29, 0.717) is 36.6 Å². The predicted octanol–water partition coefficient (Wildman–Crippen LogP) is 3.30. The molecular weight excluding hydrogens is 438 g/mol. The first-order valence-corrected chi connectivity index (χ1v) is 11.7. The molecular formula is C22H24ClN3O4S. The molecule has 0 unspecified atom stereocenters. The minimum atomic E-state index is -3.82. The molecule has 9 heteroatoms. The van der Waals surface area contributed by atoms with E-state index in [1.54, 1.807) is 29.2 Å². The first kappa shape index (κ1) is 22.8. The maximum Gasteiger partial charge on any atom is 0.261 e. The fraction of sp³-hybridized carbons (Fsp3) is 0.273. The molecule has 0 radical (unpaired) electrons. The van der Waals surface area contributed by atoms with E-state index in [-0.39, 0.29) is 28.3 Å². The van der Waals surface area contributed by atoms with E-state index in [1.165, 1.54) is 30.3 Å². The molecule has 2 N–H and O–H groups in total. The molecule has 2 amide bonds. The fourth-order valence-electron chi connectivity index (χ4n) is 3.42. The molecule has 0 spiro atoms. The zero-order chi connectivity index (χ0) is 22.4. The fourth-order valence-corrected chi connectivity index (χ4v) is 4.59. The largest absolute Gasteiger partial charge is 0.352 e. The summed E-state index contributed by atoms with van der Waals surface area (Å²) in [7, 11) is -3.82. The Hall–Kier alpha value is -2.84. The van der Waals surface area contributed by atoms with Crippen molar-refractivity contribution in [3.05, 3.63) is 71.8 Å². The number of amides is 2. The Balaban J connectivity index is 1.72. The van der Waals surface area contributed by atoms with E-state index in [4.69, 9.17) is 11.6 Å². The molecule has 0 saturated carbocycles. The maximum absolute atomic E-state index is 13.0. The van der Waals surface area contributed by atoms with E-state index in [1.807, 2.05) is 0 Å². The number of piperidine rings is 1. The monoisotopic (exact) mass is 461 g/mol. The minimum Gasteiger partial charge on any atom is -0.352 e. The highest BCUT2D eigenvalue weighted by Crippen LogP contribution is 2.22. The van der Waals surface area contributed by atoms with Crippen LogP contribution >= 0.6 is 11.6 Å². The van der Waals surface area contributed by atoms with E-state index in [9.17, 15) is 18.0 Å². The van der Waals surface area contributed by atoms with E-state index in [0.717, 1.165) is 6.42 Å². The first-order chi connectivity index (χ1) is 14.8. The third kappa shape index (κ3) is 5.86. The van der Waals surface area contributed by atoms with Crippen molar-refractivity contribution in [3.8, 4) is 0 Å². The number of hydrogen-bond donors (Lipinski definition) is 2.